The largest absolute Gasteiger partial charge is 0.444 e. The number of benzene rings is 3. The predicted molar refractivity (Wildman–Crippen MR) is 144 cm³/mol. The molecule has 0 aromatic heterocycles. The summed E-state index contributed by atoms with van der Waals surface area (Å²) >= 11 is 0. The van der Waals surface area contributed by atoms with Crippen LogP contribution in [0.25, 0.3) is 0 Å². The average Bonchev–Trinajstić information content (AvgIpc) is 3.67. The van der Waals surface area contributed by atoms with E-state index in [0.717, 1.165) is 31.7 Å². The molecule has 1 aliphatic carbocycles. The minimum atomic E-state index is -0.557. The average molecular weight is 501 g/mol. The molecule has 0 bridgehead atoms. The second kappa shape index (κ2) is 10.6. The van der Waals surface area contributed by atoms with E-state index in [1.165, 1.54) is 5.56 Å². The maximum absolute atomic E-state index is 12.4. The Morgan fingerprint density at radius 2 is 1.73 bits per heavy atom. The molecule has 3 aromatic carbocycles. The van der Waals surface area contributed by atoms with E-state index >= 15 is 0 Å². The van der Waals surface area contributed by atoms with E-state index in [0.29, 0.717) is 34.6 Å². The van der Waals surface area contributed by atoms with Gasteiger partial charge < -0.3 is 25.8 Å². The smallest absolute Gasteiger partial charge is 0.411 e. The van der Waals surface area contributed by atoms with E-state index < -0.39 is 6.09 Å². The summed E-state index contributed by atoms with van der Waals surface area (Å²) in [6, 6.07) is 22.4. The third kappa shape index (κ3) is 6.28. The van der Waals surface area contributed by atoms with Crippen LogP contribution in [0.1, 0.15) is 40.7 Å². The van der Waals surface area contributed by atoms with E-state index in [1.807, 2.05) is 12.1 Å². The molecule has 2 atom stereocenters. The highest BCUT2D eigenvalue weighted by molar-refractivity contribution is 6.06. The Kier molecular flexibility index (Phi) is 7.12. The van der Waals surface area contributed by atoms with Crippen LogP contribution in [0.2, 0.25) is 0 Å². The summed E-state index contributed by atoms with van der Waals surface area (Å²) in [6.07, 6.45) is 0.592. The molecule has 2 fully saturated rings. The Hall–Kier alpha value is -3.88. The van der Waals surface area contributed by atoms with Gasteiger partial charge in [-0.3, -0.25) is 10.1 Å². The highest BCUT2D eigenvalue weighted by Gasteiger charge is 2.41. The fourth-order valence-electron chi connectivity index (χ4n) is 4.39. The van der Waals surface area contributed by atoms with Crippen LogP contribution in [0.15, 0.2) is 72.8 Å². The molecule has 0 spiro atoms. The Bertz CT molecular complexity index is 1260. The first-order valence-electron chi connectivity index (χ1n) is 12.5. The molecule has 1 saturated heterocycles. The van der Waals surface area contributed by atoms with E-state index in [4.69, 9.17) is 15.2 Å². The molecule has 1 aliphatic heterocycles. The number of rotatable bonds is 9. The quantitative estimate of drug-likeness (QED) is 0.315. The third-order valence-electron chi connectivity index (χ3n) is 6.86. The Morgan fingerprint density at radius 1 is 1.00 bits per heavy atom. The standard InChI is InChI=1S/C29H32N4O4/c1-29(17-36-18-29)16-31-26-14-23(26)20-8-6-19(7-9-20)15-37-28(35)32-22-12-10-21(11-13-22)27(34)33-25-5-3-2-4-24(25)30/h2-13,23,26,31H,14-18,30H2,1H3,(H,32,35)(H,33,34). The first-order chi connectivity index (χ1) is 17.9. The molecule has 5 rings (SSSR count). The number of hydrogen-bond donors (Lipinski definition) is 4. The summed E-state index contributed by atoms with van der Waals surface area (Å²) in [5.41, 5.74) is 10.4. The van der Waals surface area contributed by atoms with Crippen LogP contribution in [-0.4, -0.2) is 37.8 Å². The number of anilines is 3. The van der Waals surface area contributed by atoms with Crippen molar-refractivity contribution in [1.29, 1.82) is 0 Å². The van der Waals surface area contributed by atoms with Crippen LogP contribution in [0.5, 0.6) is 0 Å². The number of ether oxygens (including phenoxy) is 2. The summed E-state index contributed by atoms with van der Waals surface area (Å²) in [7, 11) is 0. The molecule has 2 unspecified atom stereocenters. The molecule has 8 heteroatoms. The number of carbonyl (C=O) groups excluding carboxylic acids is 2. The summed E-state index contributed by atoms with van der Waals surface area (Å²) in [5.74, 6) is 0.254. The van der Waals surface area contributed by atoms with Gasteiger partial charge in [-0.2, -0.15) is 0 Å². The van der Waals surface area contributed by atoms with Crippen LogP contribution < -0.4 is 21.7 Å². The van der Waals surface area contributed by atoms with E-state index in [1.54, 1.807) is 48.5 Å². The van der Waals surface area contributed by atoms with Crippen LogP contribution in [0.3, 0.4) is 0 Å². The molecule has 0 radical (unpaired) electrons. The summed E-state index contributed by atoms with van der Waals surface area (Å²) < 4.78 is 10.7. The number of amides is 2. The molecule has 1 saturated carbocycles. The fraction of sp³-hybridized carbons (Fsp3) is 0.310. The first kappa shape index (κ1) is 24.8. The Morgan fingerprint density at radius 3 is 2.41 bits per heavy atom. The number of hydrogen-bond acceptors (Lipinski definition) is 6. The normalized spacial score (nSPS) is 19.4. The van der Waals surface area contributed by atoms with Gasteiger partial charge in [-0.25, -0.2) is 4.79 Å². The molecule has 2 aliphatic rings. The van der Waals surface area contributed by atoms with Crippen molar-refractivity contribution in [3.05, 3.63) is 89.5 Å². The lowest BCUT2D eigenvalue weighted by molar-refractivity contribution is -0.0992. The maximum atomic E-state index is 12.4. The number of nitrogens with one attached hydrogen (secondary N) is 3. The van der Waals surface area contributed by atoms with Gasteiger partial charge in [0.05, 0.1) is 24.6 Å². The lowest BCUT2D eigenvalue weighted by Crippen LogP contribution is -2.47. The first-order valence-corrected chi connectivity index (χ1v) is 12.5. The third-order valence-corrected chi connectivity index (χ3v) is 6.86. The van der Waals surface area contributed by atoms with Crippen LogP contribution >= 0.6 is 0 Å². The van der Waals surface area contributed by atoms with Gasteiger partial charge in [0.2, 0.25) is 0 Å². The Balaban J connectivity index is 1.05. The zero-order valence-corrected chi connectivity index (χ0v) is 20.8. The van der Waals surface area contributed by atoms with Crippen LogP contribution in [0.4, 0.5) is 21.9 Å². The van der Waals surface area contributed by atoms with Crippen molar-refractivity contribution in [1.82, 2.24) is 5.32 Å². The molecule has 8 nitrogen and oxygen atoms in total. The number of nitrogen functional groups attached to an aromatic ring is 1. The second-order valence-corrected chi connectivity index (χ2v) is 10.2. The van der Waals surface area contributed by atoms with Crippen molar-refractivity contribution < 1.29 is 19.1 Å². The molecule has 192 valence electrons. The molecule has 2 amide bonds. The zero-order valence-electron chi connectivity index (χ0n) is 20.8. The number of nitrogens with two attached hydrogens (primary N) is 1. The van der Waals surface area contributed by atoms with Crippen molar-refractivity contribution >= 4 is 29.1 Å². The van der Waals surface area contributed by atoms with Gasteiger partial charge in [0.25, 0.3) is 5.91 Å². The van der Waals surface area contributed by atoms with E-state index in [2.05, 4.69) is 35.0 Å². The lowest BCUT2D eigenvalue weighted by atomic mass is 9.89. The fourth-order valence-corrected chi connectivity index (χ4v) is 4.39. The van der Waals surface area contributed by atoms with Gasteiger partial charge in [-0.05, 0) is 53.9 Å². The predicted octanol–water partition coefficient (Wildman–Crippen LogP) is 4.75. The summed E-state index contributed by atoms with van der Waals surface area (Å²) in [4.78, 5) is 24.7. The SMILES string of the molecule is CC1(CNC2CC2c2ccc(COC(=O)Nc3ccc(C(=O)Nc4ccccc4N)cc3)cc2)COC1. The molecule has 3 aromatic rings. The minimum Gasteiger partial charge on any atom is -0.444 e. The van der Waals surface area contributed by atoms with Crippen molar-refractivity contribution in [2.75, 3.05) is 36.1 Å². The number of para-hydroxylation sites is 2. The second-order valence-electron chi connectivity index (χ2n) is 10.2. The highest BCUT2D eigenvalue weighted by Crippen LogP contribution is 2.41. The molecular weight excluding hydrogens is 468 g/mol. The van der Waals surface area contributed by atoms with Crippen molar-refractivity contribution in [2.24, 2.45) is 5.41 Å². The van der Waals surface area contributed by atoms with E-state index in [-0.39, 0.29) is 17.9 Å². The van der Waals surface area contributed by atoms with Crippen LogP contribution in [0, 0.1) is 5.41 Å². The molecule has 5 N–H and O–H groups in total. The minimum absolute atomic E-state index is 0.176. The topological polar surface area (TPSA) is 115 Å². The highest BCUT2D eigenvalue weighted by atomic mass is 16.5. The van der Waals surface area contributed by atoms with Gasteiger partial charge in [0.15, 0.2) is 0 Å². The molecule has 1 heterocycles. The van der Waals surface area contributed by atoms with Crippen molar-refractivity contribution in [3.63, 3.8) is 0 Å². The van der Waals surface area contributed by atoms with Crippen LogP contribution in [-0.2, 0) is 16.1 Å². The lowest BCUT2D eigenvalue weighted by Gasteiger charge is -2.38. The van der Waals surface area contributed by atoms with Gasteiger partial charge in [-0.1, -0.05) is 43.3 Å². The molecular formula is C29H32N4O4. The number of carbonyl (C=O) groups is 2. The van der Waals surface area contributed by atoms with E-state index in [9.17, 15) is 9.59 Å². The van der Waals surface area contributed by atoms with Gasteiger partial charge in [0, 0.05) is 35.2 Å². The molecule has 37 heavy (non-hydrogen) atoms. The zero-order chi connectivity index (χ0) is 25.8. The van der Waals surface area contributed by atoms with Gasteiger partial charge in [-0.15, -0.1) is 0 Å². The van der Waals surface area contributed by atoms with Gasteiger partial charge in [0.1, 0.15) is 6.61 Å². The summed E-state index contributed by atoms with van der Waals surface area (Å²) in [6.45, 7) is 5.10. The Labute approximate surface area is 216 Å². The monoisotopic (exact) mass is 500 g/mol. The van der Waals surface area contributed by atoms with Crippen molar-refractivity contribution in [3.8, 4) is 0 Å². The van der Waals surface area contributed by atoms with Gasteiger partial charge >= 0.3 is 6.09 Å². The van der Waals surface area contributed by atoms with Crippen molar-refractivity contribution in [2.45, 2.75) is 31.9 Å². The summed E-state index contributed by atoms with van der Waals surface area (Å²) in [5, 5.41) is 9.13. The maximum Gasteiger partial charge on any atom is 0.411 e.